The third kappa shape index (κ3) is 3.97. The van der Waals surface area contributed by atoms with E-state index in [9.17, 15) is 23.9 Å². The molecule has 2 fully saturated rings. The Balaban J connectivity index is 1.55. The normalized spacial score (nSPS) is 23.6. The van der Waals surface area contributed by atoms with E-state index in [4.69, 9.17) is 0 Å². The maximum Gasteiger partial charge on any atom is 0.294 e. The number of aromatic nitrogens is 1. The predicted molar refractivity (Wildman–Crippen MR) is 122 cm³/mol. The summed E-state index contributed by atoms with van der Waals surface area (Å²) in [6, 6.07) is 4.09. The van der Waals surface area contributed by atoms with Crippen molar-refractivity contribution < 1.29 is 23.9 Å². The van der Waals surface area contributed by atoms with Crippen molar-refractivity contribution in [2.45, 2.75) is 46.1 Å². The molecule has 0 spiro atoms. The van der Waals surface area contributed by atoms with E-state index in [0.29, 0.717) is 39.9 Å². The lowest BCUT2D eigenvalue weighted by molar-refractivity contribution is -0.118. The molecule has 2 bridgehead atoms. The van der Waals surface area contributed by atoms with Crippen LogP contribution in [0.15, 0.2) is 18.2 Å². The van der Waals surface area contributed by atoms with Crippen LogP contribution in [-0.4, -0.2) is 39.9 Å². The number of halogens is 1. The summed E-state index contributed by atoms with van der Waals surface area (Å²) in [6.45, 7) is 4.96. The van der Waals surface area contributed by atoms with Gasteiger partial charge in [-0.3, -0.25) is 14.4 Å². The number of hydrogen-bond donors (Lipinski definition) is 3. The maximum absolute atomic E-state index is 13.5. The van der Waals surface area contributed by atoms with Gasteiger partial charge in [0.2, 0.25) is 0 Å². The molecule has 2 saturated carbocycles. The topological polar surface area (TPSA) is 100 Å². The summed E-state index contributed by atoms with van der Waals surface area (Å²) in [5.41, 5.74) is 2.28. The zero-order chi connectivity index (χ0) is 24.0. The van der Waals surface area contributed by atoms with Crippen LogP contribution in [-0.2, 0) is 11.8 Å². The number of aliphatic hydroxyl groups is 1. The number of nitrogens with zero attached hydrogens (tertiary/aromatic N) is 1. The highest BCUT2D eigenvalue weighted by Crippen LogP contribution is 2.48. The maximum atomic E-state index is 13.5. The number of amides is 2. The average Bonchev–Trinajstić information content (AvgIpc) is 3.43. The van der Waals surface area contributed by atoms with Gasteiger partial charge in [0.25, 0.3) is 17.6 Å². The van der Waals surface area contributed by atoms with Gasteiger partial charge in [0.15, 0.2) is 0 Å². The summed E-state index contributed by atoms with van der Waals surface area (Å²) in [6.07, 6.45) is 3.02. The summed E-state index contributed by atoms with van der Waals surface area (Å²) in [7, 11) is 1.65. The Hall–Kier alpha value is -3.00. The number of Topliss-reactive ketones (excluding diaryl/α,β-unsaturated/α-hetero) is 1. The van der Waals surface area contributed by atoms with Gasteiger partial charge in [-0.2, -0.15) is 0 Å². The molecule has 2 aromatic rings. The van der Waals surface area contributed by atoms with Gasteiger partial charge in [0.1, 0.15) is 5.82 Å². The first-order valence-corrected chi connectivity index (χ1v) is 11.3. The molecule has 4 rings (SSSR count). The van der Waals surface area contributed by atoms with E-state index in [1.165, 1.54) is 18.2 Å². The number of aryl methyl sites for hydroxylation is 1. The fraction of sp³-hybridized carbons (Fsp3) is 0.480. The third-order valence-electron chi connectivity index (χ3n) is 7.59. The van der Waals surface area contributed by atoms with Crippen molar-refractivity contribution in [1.82, 2.24) is 9.88 Å². The molecule has 1 aromatic heterocycles. The van der Waals surface area contributed by atoms with Crippen LogP contribution in [0.2, 0.25) is 0 Å². The number of benzene rings is 1. The van der Waals surface area contributed by atoms with Crippen molar-refractivity contribution in [3.05, 3.63) is 52.1 Å². The van der Waals surface area contributed by atoms with Gasteiger partial charge in [0, 0.05) is 37.0 Å². The van der Waals surface area contributed by atoms with Crippen molar-refractivity contribution in [3.63, 3.8) is 0 Å². The molecule has 7 nitrogen and oxygen atoms in total. The number of carbonyl (C=O) groups excluding carboxylic acids is 3. The average molecular weight is 456 g/mol. The van der Waals surface area contributed by atoms with E-state index < -0.39 is 17.6 Å². The number of ketones is 1. The fourth-order valence-corrected chi connectivity index (χ4v) is 5.77. The van der Waals surface area contributed by atoms with E-state index >= 15 is 0 Å². The second kappa shape index (κ2) is 8.74. The van der Waals surface area contributed by atoms with Gasteiger partial charge < -0.3 is 20.3 Å². The van der Waals surface area contributed by atoms with E-state index in [1.54, 1.807) is 32.4 Å². The molecule has 1 aromatic carbocycles. The Morgan fingerprint density at radius 2 is 1.85 bits per heavy atom. The Morgan fingerprint density at radius 1 is 1.15 bits per heavy atom. The highest BCUT2D eigenvalue weighted by molar-refractivity contribution is 6.43. The molecule has 176 valence electrons. The molecule has 0 aliphatic heterocycles. The van der Waals surface area contributed by atoms with Gasteiger partial charge in [-0.25, -0.2) is 4.39 Å². The van der Waals surface area contributed by atoms with Gasteiger partial charge in [0.05, 0.1) is 11.3 Å². The first kappa shape index (κ1) is 23.2. The second-order valence-electron chi connectivity index (χ2n) is 9.42. The highest BCUT2D eigenvalue weighted by Gasteiger charge is 2.48. The second-order valence-corrected chi connectivity index (χ2v) is 9.42. The van der Waals surface area contributed by atoms with Crippen molar-refractivity contribution in [2.75, 3.05) is 11.9 Å². The Bertz CT molecular complexity index is 1140. The standard InChI is InChI=1S/C25H30FN3O4/c1-12-9-17(7-8-19(12)26)27-24(32)20-13(2)22(29(4)14(20)3)23(31)25(33)28-21-16-6-5-15(10-16)18(21)11-30/h7-9,15-16,18,21,30H,5-6,10-11H2,1-4H3,(H,27,32)(H,28,33)/t15-,16+,18-,21+/m1/s1. The molecular weight excluding hydrogens is 425 g/mol. The first-order chi connectivity index (χ1) is 15.6. The van der Waals surface area contributed by atoms with Gasteiger partial charge >= 0.3 is 0 Å². The first-order valence-electron chi connectivity index (χ1n) is 11.3. The predicted octanol–water partition coefficient (Wildman–Crippen LogP) is 3.05. The molecule has 0 radical (unpaired) electrons. The van der Waals surface area contributed by atoms with Crippen molar-refractivity contribution >= 4 is 23.3 Å². The lowest BCUT2D eigenvalue weighted by atomic mass is 9.85. The van der Waals surface area contributed by atoms with Crippen LogP contribution >= 0.6 is 0 Å². The summed E-state index contributed by atoms with van der Waals surface area (Å²) in [5, 5.41) is 15.4. The number of fused-ring (bicyclic) bond motifs is 2. The van der Waals surface area contributed by atoms with Crippen LogP contribution < -0.4 is 10.6 Å². The lowest BCUT2D eigenvalue weighted by Gasteiger charge is -2.30. The summed E-state index contributed by atoms with van der Waals surface area (Å²) >= 11 is 0. The molecule has 33 heavy (non-hydrogen) atoms. The van der Waals surface area contributed by atoms with E-state index in [1.807, 2.05) is 0 Å². The summed E-state index contributed by atoms with van der Waals surface area (Å²) in [4.78, 5) is 39.0. The molecule has 3 N–H and O–H groups in total. The van der Waals surface area contributed by atoms with Crippen LogP contribution in [0.5, 0.6) is 0 Å². The molecule has 4 atom stereocenters. The van der Waals surface area contributed by atoms with E-state index in [-0.39, 0.29) is 30.1 Å². The van der Waals surface area contributed by atoms with Gasteiger partial charge in [-0.05, 0) is 81.2 Å². The smallest absolute Gasteiger partial charge is 0.294 e. The number of nitrogens with one attached hydrogen (secondary N) is 2. The number of hydrogen-bond acceptors (Lipinski definition) is 4. The Labute approximate surface area is 192 Å². The van der Waals surface area contributed by atoms with Crippen LogP contribution in [0.1, 0.15) is 56.9 Å². The number of carbonyl (C=O) groups is 3. The van der Waals surface area contributed by atoms with Gasteiger partial charge in [-0.1, -0.05) is 0 Å². The Kier molecular flexibility index (Phi) is 6.14. The lowest BCUT2D eigenvalue weighted by Crippen LogP contribution is -2.47. The number of rotatable bonds is 6. The SMILES string of the molecule is Cc1cc(NC(=O)c2c(C)c(C(=O)C(=O)N[C@H]3[C@H]4CC[C@H](C4)[C@H]3CO)n(C)c2C)ccc1F. The summed E-state index contributed by atoms with van der Waals surface area (Å²) in [5.74, 6) is -1.54. The minimum atomic E-state index is -0.712. The minimum absolute atomic E-state index is 0.00419. The zero-order valence-corrected chi connectivity index (χ0v) is 19.4. The molecule has 2 aliphatic rings. The molecule has 2 amide bonds. The van der Waals surface area contributed by atoms with Crippen LogP contribution in [0.4, 0.5) is 10.1 Å². The Morgan fingerprint density at radius 3 is 2.52 bits per heavy atom. The molecule has 0 unspecified atom stereocenters. The van der Waals surface area contributed by atoms with E-state index in [0.717, 1.165) is 19.3 Å². The molecular formula is C25H30FN3O4. The number of aliphatic hydroxyl groups excluding tert-OH is 1. The van der Waals surface area contributed by atoms with Crippen LogP contribution in [0.3, 0.4) is 0 Å². The third-order valence-corrected chi connectivity index (χ3v) is 7.59. The monoisotopic (exact) mass is 455 g/mol. The molecule has 2 aliphatic carbocycles. The minimum Gasteiger partial charge on any atom is -0.396 e. The quantitative estimate of drug-likeness (QED) is 0.460. The largest absolute Gasteiger partial charge is 0.396 e. The molecule has 0 saturated heterocycles. The van der Waals surface area contributed by atoms with Crippen molar-refractivity contribution in [1.29, 1.82) is 0 Å². The van der Waals surface area contributed by atoms with E-state index in [2.05, 4.69) is 10.6 Å². The fourth-order valence-electron chi connectivity index (χ4n) is 5.77. The van der Waals surface area contributed by atoms with Crippen LogP contribution in [0.25, 0.3) is 0 Å². The van der Waals surface area contributed by atoms with Crippen molar-refractivity contribution in [2.24, 2.45) is 24.8 Å². The van der Waals surface area contributed by atoms with Crippen LogP contribution in [0, 0.1) is 44.3 Å². The summed E-state index contributed by atoms with van der Waals surface area (Å²) < 4.78 is 15.1. The highest BCUT2D eigenvalue weighted by atomic mass is 19.1. The molecule has 1 heterocycles. The zero-order valence-electron chi connectivity index (χ0n) is 19.4. The van der Waals surface area contributed by atoms with Crippen molar-refractivity contribution in [3.8, 4) is 0 Å². The van der Waals surface area contributed by atoms with Gasteiger partial charge in [-0.15, -0.1) is 0 Å². The number of anilines is 1. The molecule has 8 heteroatoms.